The van der Waals surface area contributed by atoms with Crippen molar-refractivity contribution in [2.75, 3.05) is 46.5 Å². The lowest BCUT2D eigenvalue weighted by molar-refractivity contribution is -0.138. The first-order valence-electron chi connectivity index (χ1n) is 10.4. The van der Waals surface area contributed by atoms with Gasteiger partial charge in [0.2, 0.25) is 15.9 Å². The number of guanidine groups is 1. The Hall–Kier alpha value is -0.620. The van der Waals surface area contributed by atoms with Gasteiger partial charge in [-0.3, -0.25) is 9.79 Å². The Bertz CT molecular complexity index is 655. The van der Waals surface area contributed by atoms with Crippen molar-refractivity contribution in [1.82, 2.24) is 19.8 Å². The molecular formula is C19H38IN5O3S. The first-order chi connectivity index (χ1) is 13.2. The van der Waals surface area contributed by atoms with Gasteiger partial charge in [-0.15, -0.1) is 24.0 Å². The summed E-state index contributed by atoms with van der Waals surface area (Å²) >= 11 is 0. The van der Waals surface area contributed by atoms with Crippen molar-refractivity contribution in [3.05, 3.63) is 0 Å². The number of aliphatic imine (C=N–C) groups is 1. The Kier molecular flexibility index (Phi) is 10.6. The monoisotopic (exact) mass is 543 g/mol. The van der Waals surface area contributed by atoms with E-state index < -0.39 is 10.0 Å². The number of rotatable bonds is 7. The summed E-state index contributed by atoms with van der Waals surface area (Å²) in [6.07, 6.45) is 6.13. The van der Waals surface area contributed by atoms with Crippen LogP contribution in [0.25, 0.3) is 0 Å². The lowest BCUT2D eigenvalue weighted by Crippen LogP contribution is -2.53. The van der Waals surface area contributed by atoms with E-state index in [2.05, 4.69) is 15.6 Å². The number of hydrogen-bond acceptors (Lipinski definition) is 4. The van der Waals surface area contributed by atoms with Gasteiger partial charge in [-0.05, 0) is 32.1 Å². The van der Waals surface area contributed by atoms with Crippen LogP contribution in [0.1, 0.15) is 51.9 Å². The highest BCUT2D eigenvalue weighted by atomic mass is 127. The fourth-order valence-electron chi connectivity index (χ4n) is 4.30. The first-order valence-corrected chi connectivity index (χ1v) is 12.0. The highest BCUT2D eigenvalue weighted by molar-refractivity contribution is 14.0. The molecule has 0 unspecified atom stereocenters. The molecule has 1 saturated heterocycles. The highest BCUT2D eigenvalue weighted by Gasteiger charge is 2.42. The summed E-state index contributed by atoms with van der Waals surface area (Å²) < 4.78 is 26.0. The zero-order valence-electron chi connectivity index (χ0n) is 18.2. The number of piperidine rings is 1. The molecule has 1 saturated carbocycles. The maximum atomic E-state index is 12.7. The molecule has 0 atom stereocenters. The molecule has 1 aliphatic carbocycles. The lowest BCUT2D eigenvalue weighted by atomic mass is 9.84. The molecule has 8 nitrogen and oxygen atoms in total. The maximum Gasteiger partial charge on any atom is 0.230 e. The number of carbonyl (C=O) groups is 1. The number of nitrogens with zero attached hydrogens (tertiary/aromatic N) is 3. The zero-order valence-corrected chi connectivity index (χ0v) is 21.4. The fourth-order valence-corrected chi connectivity index (χ4v) is 5.84. The van der Waals surface area contributed by atoms with Crippen LogP contribution in [0.4, 0.5) is 0 Å². The van der Waals surface area contributed by atoms with Crippen LogP contribution in [-0.4, -0.2) is 82.1 Å². The molecule has 1 heterocycles. The van der Waals surface area contributed by atoms with Crippen LogP contribution >= 0.6 is 24.0 Å². The molecule has 2 N–H and O–H groups in total. The molecule has 0 aromatic heterocycles. The van der Waals surface area contributed by atoms with Gasteiger partial charge in [-0.2, -0.15) is 0 Å². The van der Waals surface area contributed by atoms with Crippen LogP contribution in [0.2, 0.25) is 0 Å². The Morgan fingerprint density at radius 2 is 1.79 bits per heavy atom. The third-order valence-corrected chi connectivity index (χ3v) is 7.96. The molecule has 0 bridgehead atoms. The zero-order chi connectivity index (χ0) is 20.8. The van der Waals surface area contributed by atoms with E-state index in [1.807, 2.05) is 21.0 Å². The third-order valence-electron chi connectivity index (χ3n) is 5.89. The lowest BCUT2D eigenvalue weighted by Gasteiger charge is -2.34. The van der Waals surface area contributed by atoms with Crippen molar-refractivity contribution in [3.63, 3.8) is 0 Å². The average molecular weight is 544 g/mol. The summed E-state index contributed by atoms with van der Waals surface area (Å²) in [5, 5.41) is 6.77. The normalized spacial score (nSPS) is 20.8. The third kappa shape index (κ3) is 6.95. The summed E-state index contributed by atoms with van der Waals surface area (Å²) in [6, 6.07) is 0.184. The van der Waals surface area contributed by atoms with E-state index in [4.69, 9.17) is 0 Å². The van der Waals surface area contributed by atoms with Crippen molar-refractivity contribution in [3.8, 4) is 0 Å². The largest absolute Gasteiger partial charge is 0.355 e. The summed E-state index contributed by atoms with van der Waals surface area (Å²) in [6.45, 7) is 3.55. The number of hydrogen-bond donors (Lipinski definition) is 2. The average Bonchev–Trinajstić information content (AvgIpc) is 3.14. The number of nitrogens with one attached hydrogen (secondary N) is 2. The summed E-state index contributed by atoms with van der Waals surface area (Å²) in [4.78, 5) is 18.7. The van der Waals surface area contributed by atoms with Crippen LogP contribution < -0.4 is 10.6 Å². The molecule has 0 spiro atoms. The van der Waals surface area contributed by atoms with Crippen molar-refractivity contribution >= 4 is 45.9 Å². The minimum atomic E-state index is -3.12. The van der Waals surface area contributed by atoms with E-state index in [0.717, 1.165) is 38.5 Å². The minimum absolute atomic E-state index is 0. The summed E-state index contributed by atoms with van der Waals surface area (Å²) in [7, 11) is 2.24. The standard InChI is InChI=1S/C19H37N5O3S.HI/c1-5-14-28(26,27)24-12-8-16(9-13-24)22-18(20-2)21-15-19(10-6-7-11-19)17(25)23(3)4;/h16H,5-15H2,1-4H3,(H2,20,21,22);1H. The summed E-state index contributed by atoms with van der Waals surface area (Å²) in [5.74, 6) is 1.09. The molecule has 2 fully saturated rings. The highest BCUT2D eigenvalue weighted by Crippen LogP contribution is 2.38. The first kappa shape index (κ1) is 26.4. The molecule has 10 heteroatoms. The number of halogens is 1. The van der Waals surface area contributed by atoms with Gasteiger partial charge >= 0.3 is 0 Å². The van der Waals surface area contributed by atoms with Crippen LogP contribution in [0.15, 0.2) is 4.99 Å². The second-order valence-corrected chi connectivity index (χ2v) is 10.3. The van der Waals surface area contributed by atoms with Gasteiger partial charge in [0.1, 0.15) is 0 Å². The molecule has 1 aliphatic heterocycles. The number of amides is 1. The van der Waals surface area contributed by atoms with Crippen LogP contribution in [0.3, 0.4) is 0 Å². The van der Waals surface area contributed by atoms with E-state index in [0.29, 0.717) is 32.0 Å². The van der Waals surface area contributed by atoms with Gasteiger partial charge in [0.05, 0.1) is 11.2 Å². The van der Waals surface area contributed by atoms with Gasteiger partial charge in [0, 0.05) is 46.8 Å². The van der Waals surface area contributed by atoms with Crippen molar-refractivity contribution in [2.45, 2.75) is 57.9 Å². The smallest absolute Gasteiger partial charge is 0.230 e. The SMILES string of the molecule is CCCS(=O)(=O)N1CCC(NC(=NC)NCC2(C(=O)N(C)C)CCCC2)CC1.I. The van der Waals surface area contributed by atoms with Crippen molar-refractivity contribution < 1.29 is 13.2 Å². The maximum absolute atomic E-state index is 12.7. The molecule has 0 aromatic rings. The van der Waals surface area contributed by atoms with Crippen LogP contribution in [0, 0.1) is 5.41 Å². The Morgan fingerprint density at radius 1 is 1.21 bits per heavy atom. The van der Waals surface area contributed by atoms with Gasteiger partial charge < -0.3 is 15.5 Å². The molecular weight excluding hydrogens is 505 g/mol. The molecule has 2 rings (SSSR count). The van der Waals surface area contributed by atoms with Crippen molar-refractivity contribution in [2.24, 2.45) is 10.4 Å². The summed E-state index contributed by atoms with van der Waals surface area (Å²) in [5.41, 5.74) is -0.348. The van der Waals surface area contributed by atoms with Crippen LogP contribution in [-0.2, 0) is 14.8 Å². The topological polar surface area (TPSA) is 94.1 Å². The van der Waals surface area contributed by atoms with Gasteiger partial charge in [-0.1, -0.05) is 19.8 Å². The van der Waals surface area contributed by atoms with Gasteiger partial charge in [0.15, 0.2) is 5.96 Å². The minimum Gasteiger partial charge on any atom is -0.355 e. The van der Waals surface area contributed by atoms with E-state index in [1.54, 1.807) is 16.3 Å². The second kappa shape index (κ2) is 11.7. The Morgan fingerprint density at radius 3 is 2.28 bits per heavy atom. The number of sulfonamides is 1. The molecule has 1 amide bonds. The Labute approximate surface area is 193 Å². The van der Waals surface area contributed by atoms with Crippen LogP contribution in [0.5, 0.6) is 0 Å². The molecule has 170 valence electrons. The quantitative estimate of drug-likeness (QED) is 0.289. The van der Waals surface area contributed by atoms with E-state index in [9.17, 15) is 13.2 Å². The fraction of sp³-hybridized carbons (Fsp3) is 0.895. The van der Waals surface area contributed by atoms with E-state index in [1.165, 1.54) is 0 Å². The van der Waals surface area contributed by atoms with Crippen molar-refractivity contribution in [1.29, 1.82) is 0 Å². The van der Waals surface area contributed by atoms with E-state index >= 15 is 0 Å². The predicted molar refractivity (Wildman–Crippen MR) is 128 cm³/mol. The predicted octanol–water partition coefficient (Wildman–Crippen LogP) is 1.62. The number of carbonyl (C=O) groups excluding carboxylic acids is 1. The van der Waals surface area contributed by atoms with E-state index in [-0.39, 0.29) is 47.1 Å². The molecule has 2 aliphatic rings. The van der Waals surface area contributed by atoms with Gasteiger partial charge in [-0.25, -0.2) is 12.7 Å². The van der Waals surface area contributed by atoms with Gasteiger partial charge in [0.25, 0.3) is 0 Å². The molecule has 29 heavy (non-hydrogen) atoms. The Balaban J connectivity index is 0.00000420. The second-order valence-electron chi connectivity index (χ2n) is 8.25. The molecule has 0 radical (unpaired) electrons. The molecule has 0 aromatic carbocycles.